The molecule has 0 heterocycles. The van der Waals surface area contributed by atoms with E-state index >= 15 is 0 Å². The number of carbonyl (C=O) groups excluding carboxylic acids is 1. The van der Waals surface area contributed by atoms with Crippen molar-refractivity contribution >= 4 is 5.78 Å². The van der Waals surface area contributed by atoms with E-state index in [9.17, 15) is 4.79 Å². The summed E-state index contributed by atoms with van der Waals surface area (Å²) in [5.74, 6) is 1.52. The molecule has 26 heavy (non-hydrogen) atoms. The maximum absolute atomic E-state index is 13.6. The number of ether oxygens (including phenoxy) is 2. The number of methoxy groups -OCH3 is 2. The second kappa shape index (κ2) is 5.48. The summed E-state index contributed by atoms with van der Waals surface area (Å²) in [5.41, 5.74) is 1.82. The zero-order valence-electron chi connectivity index (χ0n) is 16.4. The minimum Gasteiger partial charge on any atom is -0.493 e. The molecule has 3 aliphatic rings. The second-order valence-electron chi connectivity index (χ2n) is 8.81. The number of Topliss-reactive ketones (excluding diaryl/α,β-unsaturated/α-hetero) is 1. The molecule has 0 radical (unpaired) electrons. The van der Waals surface area contributed by atoms with Crippen LogP contribution in [0.15, 0.2) is 42.0 Å². The number of allylic oxidation sites excluding steroid dienone is 4. The average Bonchev–Trinajstić information content (AvgIpc) is 3.13. The Kier molecular flexibility index (Phi) is 3.67. The maximum Gasteiger partial charge on any atom is 0.167 e. The first-order valence-electron chi connectivity index (χ1n) is 9.48. The van der Waals surface area contributed by atoms with Crippen molar-refractivity contribution in [1.82, 2.24) is 0 Å². The van der Waals surface area contributed by atoms with Gasteiger partial charge in [-0.3, -0.25) is 4.79 Å². The zero-order valence-corrected chi connectivity index (χ0v) is 16.4. The van der Waals surface area contributed by atoms with Gasteiger partial charge < -0.3 is 9.47 Å². The van der Waals surface area contributed by atoms with E-state index in [0.717, 1.165) is 30.4 Å². The van der Waals surface area contributed by atoms with Crippen molar-refractivity contribution in [2.75, 3.05) is 14.2 Å². The lowest BCUT2D eigenvalue weighted by atomic mass is 9.46. The molecule has 1 spiro atoms. The van der Waals surface area contributed by atoms with Crippen LogP contribution in [0.3, 0.4) is 0 Å². The SMILES string of the molecule is COc1ccc(C2C(=O)C3=CC=CC34C(C)(C)CCCC24C)cc1OC. The summed E-state index contributed by atoms with van der Waals surface area (Å²) in [4.78, 5) is 13.6. The van der Waals surface area contributed by atoms with Gasteiger partial charge in [-0.1, -0.05) is 51.5 Å². The van der Waals surface area contributed by atoms with E-state index < -0.39 is 0 Å². The first-order valence-corrected chi connectivity index (χ1v) is 9.48. The second-order valence-corrected chi connectivity index (χ2v) is 8.81. The van der Waals surface area contributed by atoms with Crippen LogP contribution in [-0.4, -0.2) is 20.0 Å². The summed E-state index contributed by atoms with van der Waals surface area (Å²) in [6, 6.07) is 5.95. The molecule has 0 aliphatic heterocycles. The summed E-state index contributed by atoms with van der Waals surface area (Å²) >= 11 is 0. The van der Waals surface area contributed by atoms with E-state index in [0.29, 0.717) is 11.5 Å². The summed E-state index contributed by atoms with van der Waals surface area (Å²) in [5, 5.41) is 0. The van der Waals surface area contributed by atoms with Gasteiger partial charge in [-0.15, -0.1) is 0 Å². The average molecular weight is 352 g/mol. The molecular weight excluding hydrogens is 324 g/mol. The standard InChI is InChI=1S/C23H28O3/c1-21(2)11-7-12-22(3)19(20(24)16-8-6-13-23(16,21)22)15-9-10-17(25-4)18(14-15)26-5/h6,8-10,13-14,19H,7,11-12H2,1-5H3. The van der Waals surface area contributed by atoms with E-state index in [4.69, 9.17) is 9.47 Å². The molecule has 1 aromatic rings. The predicted octanol–water partition coefficient (Wildman–Crippen LogP) is 5.07. The van der Waals surface area contributed by atoms with Gasteiger partial charge in [0.1, 0.15) is 0 Å². The fourth-order valence-electron chi connectivity index (χ4n) is 6.31. The van der Waals surface area contributed by atoms with Crippen molar-refractivity contribution in [1.29, 1.82) is 0 Å². The van der Waals surface area contributed by atoms with Crippen LogP contribution in [0.4, 0.5) is 0 Å². The highest BCUT2D eigenvalue weighted by Crippen LogP contribution is 2.74. The predicted molar refractivity (Wildman–Crippen MR) is 103 cm³/mol. The van der Waals surface area contributed by atoms with Crippen LogP contribution in [0.1, 0.15) is 51.5 Å². The third-order valence-corrected chi connectivity index (χ3v) is 7.41. The van der Waals surface area contributed by atoms with Crippen LogP contribution in [-0.2, 0) is 4.79 Å². The number of ketones is 1. The molecule has 2 saturated carbocycles. The van der Waals surface area contributed by atoms with Gasteiger partial charge in [0.05, 0.1) is 20.1 Å². The molecular formula is C23H28O3. The van der Waals surface area contributed by atoms with E-state index in [1.54, 1.807) is 14.2 Å². The Morgan fingerprint density at radius 1 is 1.04 bits per heavy atom. The van der Waals surface area contributed by atoms with Gasteiger partial charge in [-0.2, -0.15) is 0 Å². The fourth-order valence-corrected chi connectivity index (χ4v) is 6.31. The highest BCUT2D eigenvalue weighted by atomic mass is 16.5. The van der Waals surface area contributed by atoms with Crippen LogP contribution < -0.4 is 9.47 Å². The van der Waals surface area contributed by atoms with Gasteiger partial charge in [0.2, 0.25) is 0 Å². The lowest BCUT2D eigenvalue weighted by Gasteiger charge is -2.57. The Labute approximate surface area is 156 Å². The molecule has 0 amide bonds. The molecule has 3 unspecified atom stereocenters. The smallest absolute Gasteiger partial charge is 0.167 e. The molecule has 2 fully saturated rings. The van der Waals surface area contributed by atoms with E-state index in [2.05, 4.69) is 39.0 Å². The summed E-state index contributed by atoms with van der Waals surface area (Å²) < 4.78 is 10.9. The molecule has 0 saturated heterocycles. The van der Waals surface area contributed by atoms with Crippen molar-refractivity contribution in [2.45, 2.75) is 46.0 Å². The minimum absolute atomic E-state index is 0.0692. The number of rotatable bonds is 3. The normalized spacial score (nSPS) is 34.3. The number of hydrogen-bond acceptors (Lipinski definition) is 3. The van der Waals surface area contributed by atoms with Crippen LogP contribution in [0, 0.1) is 16.2 Å². The fraction of sp³-hybridized carbons (Fsp3) is 0.522. The van der Waals surface area contributed by atoms with Crippen LogP contribution in [0.25, 0.3) is 0 Å². The number of carbonyl (C=O) groups is 1. The summed E-state index contributed by atoms with van der Waals surface area (Å²) in [6.45, 7) is 6.99. The highest BCUT2D eigenvalue weighted by Gasteiger charge is 2.70. The quantitative estimate of drug-likeness (QED) is 0.762. The molecule has 3 heteroatoms. The molecule has 1 aromatic carbocycles. The Bertz CT molecular complexity index is 832. The molecule has 138 valence electrons. The topological polar surface area (TPSA) is 35.5 Å². The maximum atomic E-state index is 13.6. The lowest BCUT2D eigenvalue weighted by Crippen LogP contribution is -2.50. The van der Waals surface area contributed by atoms with Crippen LogP contribution in [0.5, 0.6) is 11.5 Å². The van der Waals surface area contributed by atoms with Gasteiger partial charge in [0.15, 0.2) is 17.3 Å². The third kappa shape index (κ3) is 1.87. The summed E-state index contributed by atoms with van der Waals surface area (Å²) in [6.07, 6.45) is 9.85. The van der Waals surface area contributed by atoms with Crippen LogP contribution >= 0.6 is 0 Å². The Hall–Kier alpha value is -2.03. The Morgan fingerprint density at radius 2 is 1.77 bits per heavy atom. The molecule has 0 aromatic heterocycles. The van der Waals surface area contributed by atoms with Gasteiger partial charge in [0.25, 0.3) is 0 Å². The van der Waals surface area contributed by atoms with Crippen molar-refractivity contribution in [3.05, 3.63) is 47.6 Å². The monoisotopic (exact) mass is 352 g/mol. The van der Waals surface area contributed by atoms with Crippen molar-refractivity contribution in [2.24, 2.45) is 16.2 Å². The molecule has 0 bridgehead atoms. The third-order valence-electron chi connectivity index (χ3n) is 7.41. The Morgan fingerprint density at radius 3 is 2.46 bits per heavy atom. The molecule has 3 aliphatic carbocycles. The van der Waals surface area contributed by atoms with Crippen molar-refractivity contribution < 1.29 is 14.3 Å². The largest absolute Gasteiger partial charge is 0.493 e. The lowest BCUT2D eigenvalue weighted by molar-refractivity contribution is -0.117. The zero-order chi connectivity index (χ0) is 18.7. The highest BCUT2D eigenvalue weighted by molar-refractivity contribution is 6.07. The van der Waals surface area contributed by atoms with Gasteiger partial charge in [-0.25, -0.2) is 0 Å². The van der Waals surface area contributed by atoms with Gasteiger partial charge in [-0.05, 0) is 41.4 Å². The van der Waals surface area contributed by atoms with Gasteiger partial charge in [0, 0.05) is 11.0 Å². The molecule has 3 nitrogen and oxygen atoms in total. The minimum atomic E-state index is -0.173. The number of hydrogen-bond donors (Lipinski definition) is 0. The molecule has 3 atom stereocenters. The van der Waals surface area contributed by atoms with Crippen molar-refractivity contribution in [3.63, 3.8) is 0 Å². The molecule has 4 rings (SSSR count). The van der Waals surface area contributed by atoms with E-state index in [-0.39, 0.29) is 27.9 Å². The first-order chi connectivity index (χ1) is 12.3. The van der Waals surface area contributed by atoms with Crippen LogP contribution in [0.2, 0.25) is 0 Å². The summed E-state index contributed by atoms with van der Waals surface area (Å²) in [7, 11) is 3.28. The van der Waals surface area contributed by atoms with Gasteiger partial charge >= 0.3 is 0 Å². The Balaban J connectivity index is 1.91. The van der Waals surface area contributed by atoms with E-state index in [1.165, 1.54) is 0 Å². The first kappa shape index (κ1) is 17.4. The van der Waals surface area contributed by atoms with E-state index in [1.807, 2.05) is 18.2 Å². The molecule has 0 N–H and O–H groups in total. The van der Waals surface area contributed by atoms with Crippen molar-refractivity contribution in [3.8, 4) is 11.5 Å². The number of benzene rings is 1.